The number of aromatic nitrogens is 1. The lowest BCUT2D eigenvalue weighted by Gasteiger charge is -2.17. The summed E-state index contributed by atoms with van der Waals surface area (Å²) in [5, 5.41) is 2.80. The van der Waals surface area contributed by atoms with Crippen LogP contribution in [0, 0.1) is 13.8 Å². The number of nitrogens with one attached hydrogen (secondary N) is 1. The molecule has 150 valence electrons. The molecule has 0 aliphatic carbocycles. The van der Waals surface area contributed by atoms with Gasteiger partial charge >= 0.3 is 0 Å². The maximum absolute atomic E-state index is 12.7. The van der Waals surface area contributed by atoms with Crippen LogP contribution in [0.25, 0.3) is 0 Å². The summed E-state index contributed by atoms with van der Waals surface area (Å²) < 4.78 is 26.3. The summed E-state index contributed by atoms with van der Waals surface area (Å²) in [5.41, 5.74) is 2.26. The largest absolute Gasteiger partial charge is 0.357 e. The number of carbonyl (C=O) groups is 1. The van der Waals surface area contributed by atoms with Crippen LogP contribution >= 0.6 is 0 Å². The van der Waals surface area contributed by atoms with Crippen molar-refractivity contribution in [2.75, 3.05) is 37.4 Å². The molecule has 3 rings (SSSR count). The summed E-state index contributed by atoms with van der Waals surface area (Å²) in [6, 6.07) is 6.84. The molecule has 0 unspecified atom stereocenters. The standard InChI is InChI=1S/C20H26N4O3S/c1-14-11-16(12-18(15(14)2)28(26,27)23(3)4)20(25)22-17-7-8-19(21-13-17)24-9-5-6-10-24/h7-8,11-13H,5-6,9-10H2,1-4H3,(H,22,25). The van der Waals surface area contributed by atoms with Gasteiger partial charge in [0.2, 0.25) is 10.0 Å². The van der Waals surface area contributed by atoms with E-state index in [0.29, 0.717) is 16.8 Å². The molecule has 7 nitrogen and oxygen atoms in total. The molecule has 1 aliphatic rings. The van der Waals surface area contributed by atoms with Crippen LogP contribution in [0.15, 0.2) is 35.4 Å². The molecule has 0 saturated carbocycles. The molecule has 1 amide bonds. The van der Waals surface area contributed by atoms with Gasteiger partial charge in [-0.15, -0.1) is 0 Å². The Kier molecular flexibility index (Phi) is 5.71. The van der Waals surface area contributed by atoms with Crippen LogP contribution in [0.1, 0.15) is 34.3 Å². The molecule has 1 aromatic heterocycles. The van der Waals surface area contributed by atoms with Gasteiger partial charge in [-0.25, -0.2) is 17.7 Å². The van der Waals surface area contributed by atoms with Gasteiger partial charge in [-0.2, -0.15) is 0 Å². The van der Waals surface area contributed by atoms with Gasteiger partial charge in [-0.05, 0) is 62.1 Å². The Labute approximate surface area is 166 Å². The molecular weight excluding hydrogens is 376 g/mol. The Morgan fingerprint density at radius 1 is 1.14 bits per heavy atom. The van der Waals surface area contributed by atoms with Crippen molar-refractivity contribution in [3.8, 4) is 0 Å². The van der Waals surface area contributed by atoms with Crippen molar-refractivity contribution in [2.45, 2.75) is 31.6 Å². The molecule has 1 aromatic carbocycles. The van der Waals surface area contributed by atoms with Gasteiger partial charge in [0.1, 0.15) is 5.82 Å². The van der Waals surface area contributed by atoms with Crippen molar-refractivity contribution in [3.05, 3.63) is 47.2 Å². The fourth-order valence-electron chi connectivity index (χ4n) is 3.22. The summed E-state index contributed by atoms with van der Waals surface area (Å²) in [6.45, 7) is 5.55. The number of aryl methyl sites for hydroxylation is 1. The SMILES string of the molecule is Cc1cc(C(=O)Nc2ccc(N3CCCC3)nc2)cc(S(=O)(=O)N(C)C)c1C. The summed E-state index contributed by atoms with van der Waals surface area (Å²) in [5.74, 6) is 0.537. The third-order valence-corrected chi connectivity index (χ3v) is 7.02. The predicted octanol–water partition coefficient (Wildman–Crippen LogP) is 2.80. The molecule has 1 N–H and O–H groups in total. The molecule has 1 aliphatic heterocycles. The molecule has 2 heterocycles. The van der Waals surface area contributed by atoms with Crippen molar-refractivity contribution in [3.63, 3.8) is 0 Å². The van der Waals surface area contributed by atoms with Crippen molar-refractivity contribution >= 4 is 27.4 Å². The van der Waals surface area contributed by atoms with Crippen LogP contribution in [0.2, 0.25) is 0 Å². The smallest absolute Gasteiger partial charge is 0.255 e. The van der Waals surface area contributed by atoms with Gasteiger partial charge in [0.25, 0.3) is 5.91 Å². The van der Waals surface area contributed by atoms with E-state index in [0.717, 1.165) is 28.8 Å². The van der Waals surface area contributed by atoms with Crippen molar-refractivity contribution in [1.82, 2.24) is 9.29 Å². The van der Waals surface area contributed by atoms with Crippen molar-refractivity contribution in [2.24, 2.45) is 0 Å². The van der Waals surface area contributed by atoms with E-state index < -0.39 is 10.0 Å². The van der Waals surface area contributed by atoms with E-state index in [9.17, 15) is 13.2 Å². The molecule has 1 fully saturated rings. The summed E-state index contributed by atoms with van der Waals surface area (Å²) in [4.78, 5) is 19.5. The number of hydrogen-bond donors (Lipinski definition) is 1. The molecule has 2 aromatic rings. The zero-order valence-corrected chi connectivity index (χ0v) is 17.5. The minimum atomic E-state index is -3.64. The number of anilines is 2. The fraction of sp³-hybridized carbons (Fsp3) is 0.400. The second-order valence-corrected chi connectivity index (χ2v) is 9.38. The van der Waals surface area contributed by atoms with Crippen molar-refractivity contribution < 1.29 is 13.2 Å². The molecule has 28 heavy (non-hydrogen) atoms. The van der Waals surface area contributed by atoms with E-state index in [1.807, 2.05) is 12.1 Å². The highest BCUT2D eigenvalue weighted by atomic mass is 32.2. The van der Waals surface area contributed by atoms with E-state index in [1.54, 1.807) is 26.1 Å². The molecule has 0 spiro atoms. The van der Waals surface area contributed by atoms with Crippen LogP contribution in [0.4, 0.5) is 11.5 Å². The van der Waals surface area contributed by atoms with Crippen molar-refractivity contribution in [1.29, 1.82) is 0 Å². The normalized spacial score (nSPS) is 14.5. The topological polar surface area (TPSA) is 82.6 Å². The fourth-order valence-corrected chi connectivity index (χ4v) is 4.44. The second-order valence-electron chi connectivity index (χ2n) is 7.26. The third-order valence-electron chi connectivity index (χ3n) is 5.08. The zero-order valence-electron chi connectivity index (χ0n) is 16.7. The van der Waals surface area contributed by atoms with Gasteiger partial charge in [0, 0.05) is 32.7 Å². The minimum Gasteiger partial charge on any atom is -0.357 e. The summed E-state index contributed by atoms with van der Waals surface area (Å²) in [7, 11) is -0.685. The summed E-state index contributed by atoms with van der Waals surface area (Å²) >= 11 is 0. The third kappa shape index (κ3) is 4.02. The Morgan fingerprint density at radius 2 is 1.82 bits per heavy atom. The van der Waals surface area contributed by atoms with Crippen LogP contribution < -0.4 is 10.2 Å². The Bertz CT molecular complexity index is 979. The van der Waals surface area contributed by atoms with Gasteiger partial charge in [0.15, 0.2) is 0 Å². The number of sulfonamides is 1. The predicted molar refractivity (Wildman–Crippen MR) is 110 cm³/mol. The maximum Gasteiger partial charge on any atom is 0.255 e. The number of carbonyl (C=O) groups excluding carboxylic acids is 1. The van der Waals surface area contributed by atoms with E-state index in [2.05, 4.69) is 15.2 Å². The first kappa shape index (κ1) is 20.3. The lowest BCUT2D eigenvalue weighted by atomic mass is 10.1. The average molecular weight is 403 g/mol. The van der Waals surface area contributed by atoms with E-state index in [4.69, 9.17) is 0 Å². The maximum atomic E-state index is 12.7. The number of amides is 1. The average Bonchev–Trinajstić information content (AvgIpc) is 3.18. The van der Waals surface area contributed by atoms with E-state index >= 15 is 0 Å². The highest BCUT2D eigenvalue weighted by Gasteiger charge is 2.23. The van der Waals surface area contributed by atoms with Gasteiger partial charge in [-0.1, -0.05) is 0 Å². The highest BCUT2D eigenvalue weighted by Crippen LogP contribution is 2.24. The van der Waals surface area contributed by atoms with Crippen LogP contribution in [-0.4, -0.2) is 50.8 Å². The number of benzene rings is 1. The first-order chi connectivity index (χ1) is 13.2. The number of pyridine rings is 1. The van der Waals surface area contributed by atoms with E-state index in [-0.39, 0.29) is 10.8 Å². The lowest BCUT2D eigenvalue weighted by Crippen LogP contribution is -2.24. The van der Waals surface area contributed by atoms with Gasteiger partial charge in [0.05, 0.1) is 16.8 Å². The Morgan fingerprint density at radius 3 is 2.39 bits per heavy atom. The molecule has 1 saturated heterocycles. The molecule has 0 atom stereocenters. The molecule has 0 bridgehead atoms. The quantitative estimate of drug-likeness (QED) is 0.832. The van der Waals surface area contributed by atoms with Crippen LogP contribution in [0.5, 0.6) is 0 Å². The minimum absolute atomic E-state index is 0.144. The molecular formula is C20H26N4O3S. The number of rotatable bonds is 5. The van der Waals surface area contributed by atoms with Crippen LogP contribution in [-0.2, 0) is 10.0 Å². The Balaban J connectivity index is 1.83. The lowest BCUT2D eigenvalue weighted by molar-refractivity contribution is 0.102. The van der Waals surface area contributed by atoms with Gasteiger partial charge in [-0.3, -0.25) is 4.79 Å². The van der Waals surface area contributed by atoms with Crippen LogP contribution in [0.3, 0.4) is 0 Å². The molecule has 8 heteroatoms. The number of nitrogens with zero attached hydrogens (tertiary/aromatic N) is 3. The summed E-state index contributed by atoms with van der Waals surface area (Å²) in [6.07, 6.45) is 3.97. The zero-order chi connectivity index (χ0) is 20.5. The first-order valence-corrected chi connectivity index (χ1v) is 10.7. The van der Waals surface area contributed by atoms with Gasteiger partial charge < -0.3 is 10.2 Å². The monoisotopic (exact) mass is 402 g/mol. The van der Waals surface area contributed by atoms with E-state index in [1.165, 1.54) is 33.0 Å². The molecule has 0 radical (unpaired) electrons. The highest BCUT2D eigenvalue weighted by molar-refractivity contribution is 7.89. The second kappa shape index (κ2) is 7.89. The Hall–Kier alpha value is -2.45. The first-order valence-electron chi connectivity index (χ1n) is 9.26. The number of hydrogen-bond acceptors (Lipinski definition) is 5.